The van der Waals surface area contributed by atoms with Crippen molar-refractivity contribution in [2.24, 2.45) is 0 Å². The number of hydrogen-bond acceptors (Lipinski definition) is 3. The predicted molar refractivity (Wildman–Crippen MR) is 74.0 cm³/mol. The summed E-state index contributed by atoms with van der Waals surface area (Å²) >= 11 is 1.57. The maximum atomic E-state index is 12.8. The average Bonchev–Trinajstić information content (AvgIpc) is 2.85. The summed E-state index contributed by atoms with van der Waals surface area (Å²) in [7, 11) is 0. The lowest BCUT2D eigenvalue weighted by molar-refractivity contribution is 0.626. The van der Waals surface area contributed by atoms with Gasteiger partial charge in [-0.25, -0.2) is 9.37 Å². The molecule has 0 fully saturated rings. The van der Waals surface area contributed by atoms with E-state index in [1.807, 2.05) is 18.4 Å². The summed E-state index contributed by atoms with van der Waals surface area (Å²) < 4.78 is 12.8. The van der Waals surface area contributed by atoms with E-state index in [9.17, 15) is 4.39 Å². The van der Waals surface area contributed by atoms with Gasteiger partial charge in [0, 0.05) is 23.5 Å². The van der Waals surface area contributed by atoms with Crippen LogP contribution in [0.5, 0.6) is 0 Å². The van der Waals surface area contributed by atoms with Crippen LogP contribution in [0.3, 0.4) is 0 Å². The largest absolute Gasteiger partial charge is 0.305 e. The Morgan fingerprint density at radius 3 is 2.83 bits per heavy atom. The topological polar surface area (TPSA) is 24.9 Å². The van der Waals surface area contributed by atoms with Crippen molar-refractivity contribution in [2.75, 3.05) is 0 Å². The second kappa shape index (κ2) is 5.89. The van der Waals surface area contributed by atoms with E-state index in [-0.39, 0.29) is 11.9 Å². The van der Waals surface area contributed by atoms with E-state index in [1.54, 1.807) is 23.5 Å². The molecule has 4 heteroatoms. The van der Waals surface area contributed by atoms with Crippen LogP contribution in [0, 0.1) is 5.82 Å². The second-order valence-electron chi connectivity index (χ2n) is 4.06. The van der Waals surface area contributed by atoms with Gasteiger partial charge in [-0.15, -0.1) is 17.9 Å². The second-order valence-corrected chi connectivity index (χ2v) is 4.91. The van der Waals surface area contributed by atoms with E-state index < -0.39 is 0 Å². The molecule has 0 amide bonds. The highest BCUT2D eigenvalue weighted by atomic mass is 32.1. The van der Waals surface area contributed by atoms with Crippen molar-refractivity contribution in [1.29, 1.82) is 0 Å². The van der Waals surface area contributed by atoms with Gasteiger partial charge in [0.05, 0.1) is 5.69 Å². The van der Waals surface area contributed by atoms with Crippen molar-refractivity contribution < 1.29 is 4.39 Å². The maximum absolute atomic E-state index is 12.8. The highest BCUT2D eigenvalue weighted by Gasteiger charge is 2.05. The molecule has 0 aliphatic heterocycles. The minimum Gasteiger partial charge on any atom is -0.305 e. The summed E-state index contributed by atoms with van der Waals surface area (Å²) in [5.41, 5.74) is 1.94. The molecular formula is C14H15FN2S. The molecule has 0 saturated heterocycles. The average molecular weight is 262 g/mol. The zero-order valence-electron chi connectivity index (χ0n) is 10.2. The van der Waals surface area contributed by atoms with Crippen LogP contribution in [0.4, 0.5) is 4.39 Å². The number of nitrogens with one attached hydrogen (secondary N) is 1. The van der Waals surface area contributed by atoms with Crippen molar-refractivity contribution in [1.82, 2.24) is 10.3 Å². The van der Waals surface area contributed by atoms with Crippen LogP contribution >= 0.6 is 11.3 Å². The Bertz CT molecular complexity index is 519. The van der Waals surface area contributed by atoms with E-state index in [4.69, 9.17) is 0 Å². The number of hydrogen-bond donors (Lipinski definition) is 1. The van der Waals surface area contributed by atoms with E-state index in [0.717, 1.165) is 16.3 Å². The summed E-state index contributed by atoms with van der Waals surface area (Å²) in [6.45, 7) is 6.47. The van der Waals surface area contributed by atoms with Gasteiger partial charge in [-0.1, -0.05) is 6.08 Å². The van der Waals surface area contributed by atoms with Gasteiger partial charge in [0.2, 0.25) is 0 Å². The van der Waals surface area contributed by atoms with Crippen molar-refractivity contribution in [2.45, 2.75) is 19.5 Å². The fourth-order valence-corrected chi connectivity index (χ4v) is 2.29. The number of rotatable bonds is 5. The lowest BCUT2D eigenvalue weighted by Gasteiger charge is -2.06. The molecule has 1 atom stereocenters. The van der Waals surface area contributed by atoms with Crippen LogP contribution < -0.4 is 5.32 Å². The number of halogens is 1. The van der Waals surface area contributed by atoms with Crippen molar-refractivity contribution in [3.8, 4) is 10.6 Å². The maximum Gasteiger partial charge on any atom is 0.123 e. The van der Waals surface area contributed by atoms with Crippen LogP contribution in [0.2, 0.25) is 0 Å². The first-order valence-electron chi connectivity index (χ1n) is 5.75. The third-order valence-corrected chi connectivity index (χ3v) is 3.54. The quantitative estimate of drug-likeness (QED) is 0.833. The molecule has 0 saturated carbocycles. The lowest BCUT2D eigenvalue weighted by Crippen LogP contribution is -2.22. The fraction of sp³-hybridized carbons (Fsp3) is 0.214. The molecule has 0 radical (unpaired) electrons. The molecule has 0 aliphatic carbocycles. The van der Waals surface area contributed by atoms with Crippen LogP contribution in [-0.2, 0) is 6.54 Å². The first kappa shape index (κ1) is 12.9. The third-order valence-electron chi connectivity index (χ3n) is 2.60. The molecule has 2 aromatic rings. The molecule has 94 valence electrons. The fourth-order valence-electron chi connectivity index (χ4n) is 1.46. The Morgan fingerprint density at radius 2 is 2.17 bits per heavy atom. The molecule has 2 rings (SSSR count). The SMILES string of the molecule is C=CC(C)NCc1csc(-c2ccc(F)cc2)n1. The van der Waals surface area contributed by atoms with Gasteiger partial charge in [0.15, 0.2) is 0 Å². The van der Waals surface area contributed by atoms with Gasteiger partial charge in [-0.2, -0.15) is 0 Å². The number of thiazole rings is 1. The zero-order chi connectivity index (χ0) is 13.0. The molecule has 0 spiro atoms. The Labute approximate surface area is 110 Å². The molecule has 2 nitrogen and oxygen atoms in total. The highest BCUT2D eigenvalue weighted by molar-refractivity contribution is 7.13. The summed E-state index contributed by atoms with van der Waals surface area (Å²) in [5.74, 6) is -0.225. The minimum atomic E-state index is -0.225. The predicted octanol–water partition coefficient (Wildman–Crippen LogP) is 3.61. The lowest BCUT2D eigenvalue weighted by atomic mass is 10.2. The van der Waals surface area contributed by atoms with Crippen molar-refractivity contribution in [3.63, 3.8) is 0 Å². The molecule has 1 N–H and O–H groups in total. The molecule has 0 aliphatic rings. The van der Waals surface area contributed by atoms with Gasteiger partial charge in [0.25, 0.3) is 0 Å². The molecule has 1 aromatic heterocycles. The normalized spacial score (nSPS) is 12.3. The molecule has 1 unspecified atom stereocenters. The van der Waals surface area contributed by atoms with E-state index in [1.165, 1.54) is 12.1 Å². The zero-order valence-corrected chi connectivity index (χ0v) is 11.0. The van der Waals surface area contributed by atoms with E-state index in [2.05, 4.69) is 16.9 Å². The standard InChI is InChI=1S/C14H15FN2S/c1-3-10(2)16-8-13-9-18-14(17-13)11-4-6-12(15)7-5-11/h3-7,9-10,16H,1,8H2,2H3. The van der Waals surface area contributed by atoms with Gasteiger partial charge in [0.1, 0.15) is 10.8 Å². The smallest absolute Gasteiger partial charge is 0.123 e. The Hall–Kier alpha value is -1.52. The number of aromatic nitrogens is 1. The first-order chi connectivity index (χ1) is 8.69. The van der Waals surface area contributed by atoms with Crippen molar-refractivity contribution in [3.05, 3.63) is 53.8 Å². The summed E-state index contributed by atoms with van der Waals surface area (Å²) in [4.78, 5) is 4.52. The monoisotopic (exact) mass is 262 g/mol. The van der Waals surface area contributed by atoms with Gasteiger partial charge < -0.3 is 5.32 Å². The third kappa shape index (κ3) is 3.24. The van der Waals surface area contributed by atoms with Crippen LogP contribution in [0.15, 0.2) is 42.3 Å². The molecule has 18 heavy (non-hydrogen) atoms. The minimum absolute atomic E-state index is 0.225. The van der Waals surface area contributed by atoms with E-state index >= 15 is 0 Å². The van der Waals surface area contributed by atoms with Crippen molar-refractivity contribution >= 4 is 11.3 Å². The summed E-state index contributed by atoms with van der Waals surface area (Å²) in [6.07, 6.45) is 1.85. The van der Waals surface area contributed by atoms with Gasteiger partial charge >= 0.3 is 0 Å². The Balaban J connectivity index is 2.06. The van der Waals surface area contributed by atoms with E-state index in [0.29, 0.717) is 6.54 Å². The highest BCUT2D eigenvalue weighted by Crippen LogP contribution is 2.23. The Kier molecular flexibility index (Phi) is 4.23. The van der Waals surface area contributed by atoms with Crippen LogP contribution in [0.25, 0.3) is 10.6 Å². The summed E-state index contributed by atoms with van der Waals surface area (Å²) in [6, 6.07) is 6.67. The summed E-state index contributed by atoms with van der Waals surface area (Å²) in [5, 5.41) is 6.22. The van der Waals surface area contributed by atoms with Gasteiger partial charge in [-0.05, 0) is 31.2 Å². The Morgan fingerprint density at radius 1 is 1.44 bits per heavy atom. The number of benzene rings is 1. The van der Waals surface area contributed by atoms with Gasteiger partial charge in [-0.3, -0.25) is 0 Å². The molecular weight excluding hydrogens is 247 g/mol. The first-order valence-corrected chi connectivity index (χ1v) is 6.63. The molecule has 1 heterocycles. The van der Waals surface area contributed by atoms with Crippen LogP contribution in [-0.4, -0.2) is 11.0 Å². The molecule has 1 aromatic carbocycles. The van der Waals surface area contributed by atoms with Crippen LogP contribution in [0.1, 0.15) is 12.6 Å². The molecule has 0 bridgehead atoms. The number of nitrogens with zero attached hydrogens (tertiary/aromatic N) is 1.